The van der Waals surface area contributed by atoms with Crippen molar-refractivity contribution in [2.75, 3.05) is 7.11 Å². The summed E-state index contributed by atoms with van der Waals surface area (Å²) in [7, 11) is 3.15. The van der Waals surface area contributed by atoms with Gasteiger partial charge in [-0.1, -0.05) is 6.92 Å². The molecule has 3 atom stereocenters. The summed E-state index contributed by atoms with van der Waals surface area (Å²) in [4.78, 5) is 22.9. The summed E-state index contributed by atoms with van der Waals surface area (Å²) >= 11 is 0. The second-order valence-electron chi connectivity index (χ2n) is 4.58. The molecule has 1 aromatic rings. The first-order valence-corrected chi connectivity index (χ1v) is 5.62. The van der Waals surface area contributed by atoms with E-state index in [-0.39, 0.29) is 30.0 Å². The third-order valence-corrected chi connectivity index (χ3v) is 3.41. The van der Waals surface area contributed by atoms with E-state index in [1.165, 1.54) is 7.11 Å². The van der Waals surface area contributed by atoms with E-state index >= 15 is 0 Å². The molecule has 0 saturated heterocycles. The van der Waals surface area contributed by atoms with E-state index in [1.54, 1.807) is 10.9 Å². The Morgan fingerprint density at radius 1 is 1.53 bits per heavy atom. The van der Waals surface area contributed by atoms with Gasteiger partial charge in [-0.05, 0) is 11.5 Å². The molecule has 0 aromatic carbocycles. The predicted octanol–water partition coefficient (Wildman–Crippen LogP) is 0.902. The number of hydrogen-bond acceptors (Lipinski definition) is 4. The van der Waals surface area contributed by atoms with Crippen LogP contribution < -0.4 is 0 Å². The molecule has 1 fully saturated rings. The summed E-state index contributed by atoms with van der Waals surface area (Å²) in [5.41, 5.74) is 1.07. The highest BCUT2D eigenvalue weighted by Gasteiger charge is 2.52. The molecular weight excluding hydrogens is 220 g/mol. The second kappa shape index (κ2) is 4.31. The van der Waals surface area contributed by atoms with Crippen LogP contribution >= 0.6 is 0 Å². The zero-order valence-corrected chi connectivity index (χ0v) is 10.2. The minimum Gasteiger partial charge on any atom is -0.469 e. The minimum absolute atomic E-state index is 0.0294. The molecule has 5 heteroatoms. The normalized spacial score (nSPS) is 26.6. The Morgan fingerprint density at radius 2 is 2.24 bits per heavy atom. The first kappa shape index (κ1) is 11.8. The van der Waals surface area contributed by atoms with Gasteiger partial charge in [-0.3, -0.25) is 14.3 Å². The number of ether oxygens (including phenoxy) is 1. The number of carbonyl (C=O) groups excluding carboxylic acids is 2. The molecule has 1 unspecified atom stereocenters. The highest BCUT2D eigenvalue weighted by atomic mass is 16.5. The van der Waals surface area contributed by atoms with Crippen LogP contribution in [0.25, 0.3) is 0 Å². The summed E-state index contributed by atoms with van der Waals surface area (Å²) in [5, 5.41) is 4.10. The van der Waals surface area contributed by atoms with Gasteiger partial charge in [-0.15, -0.1) is 0 Å². The van der Waals surface area contributed by atoms with Crippen LogP contribution in [0.4, 0.5) is 0 Å². The van der Waals surface area contributed by atoms with Gasteiger partial charge in [-0.2, -0.15) is 5.10 Å². The van der Waals surface area contributed by atoms with Crippen molar-refractivity contribution in [1.82, 2.24) is 9.78 Å². The Balaban J connectivity index is 2.01. The Bertz CT molecular complexity index is 452. The van der Waals surface area contributed by atoms with E-state index in [1.807, 2.05) is 20.2 Å². The molecule has 0 spiro atoms. The third kappa shape index (κ3) is 2.23. The first-order chi connectivity index (χ1) is 8.04. The number of aryl methyl sites for hydroxylation is 1. The summed E-state index contributed by atoms with van der Waals surface area (Å²) in [6, 6.07) is 0. The molecular formula is C12H16N2O3. The van der Waals surface area contributed by atoms with Crippen LogP contribution in [-0.4, -0.2) is 28.6 Å². The standard InChI is InChI=1S/C12H16N2O3/c1-7-11(8-5-13-14(2)6-8)12(7)9(15)4-10(16)17-3/h5-7,11-12H,4H2,1-3H3/t7?,11-,12-/m0/s1. The van der Waals surface area contributed by atoms with Crippen LogP contribution in [0.2, 0.25) is 0 Å². The number of nitrogens with zero attached hydrogens (tertiary/aromatic N) is 2. The molecule has 1 aromatic heterocycles. The van der Waals surface area contributed by atoms with Crippen molar-refractivity contribution < 1.29 is 14.3 Å². The molecule has 0 bridgehead atoms. The Morgan fingerprint density at radius 3 is 2.76 bits per heavy atom. The number of methoxy groups -OCH3 is 1. The molecule has 1 aliphatic rings. The average molecular weight is 236 g/mol. The number of aromatic nitrogens is 2. The van der Waals surface area contributed by atoms with Crippen LogP contribution in [0.5, 0.6) is 0 Å². The van der Waals surface area contributed by atoms with Gasteiger partial charge in [0.25, 0.3) is 0 Å². The number of carbonyl (C=O) groups is 2. The predicted molar refractivity (Wildman–Crippen MR) is 60.2 cm³/mol. The molecule has 5 nitrogen and oxygen atoms in total. The molecule has 0 aliphatic heterocycles. The zero-order chi connectivity index (χ0) is 12.6. The number of Topliss-reactive ketones (excluding diaryl/α,β-unsaturated/α-hetero) is 1. The van der Waals surface area contributed by atoms with Gasteiger partial charge < -0.3 is 4.74 Å². The van der Waals surface area contributed by atoms with Gasteiger partial charge in [-0.25, -0.2) is 0 Å². The minimum atomic E-state index is -0.459. The monoisotopic (exact) mass is 236 g/mol. The van der Waals surface area contributed by atoms with Crippen LogP contribution in [0.15, 0.2) is 12.4 Å². The van der Waals surface area contributed by atoms with Gasteiger partial charge in [0.05, 0.1) is 13.3 Å². The summed E-state index contributed by atoms with van der Waals surface area (Å²) in [6.45, 7) is 2.03. The maximum Gasteiger partial charge on any atom is 0.313 e. The lowest BCUT2D eigenvalue weighted by Gasteiger charge is -1.97. The average Bonchev–Trinajstić information content (AvgIpc) is 2.76. The lowest BCUT2D eigenvalue weighted by atomic mass is 10.1. The maximum atomic E-state index is 11.8. The largest absolute Gasteiger partial charge is 0.469 e. The highest BCUT2D eigenvalue weighted by molar-refractivity contribution is 5.98. The topological polar surface area (TPSA) is 61.2 Å². The zero-order valence-electron chi connectivity index (χ0n) is 10.2. The van der Waals surface area contributed by atoms with Gasteiger partial charge in [0.1, 0.15) is 12.2 Å². The van der Waals surface area contributed by atoms with Crippen molar-refractivity contribution in [2.45, 2.75) is 19.3 Å². The number of ketones is 1. The van der Waals surface area contributed by atoms with Crippen molar-refractivity contribution in [1.29, 1.82) is 0 Å². The SMILES string of the molecule is COC(=O)CC(=O)[C@@H]1C(C)[C@H]1c1cnn(C)c1. The van der Waals surface area contributed by atoms with E-state index in [2.05, 4.69) is 9.84 Å². The van der Waals surface area contributed by atoms with Gasteiger partial charge in [0, 0.05) is 25.1 Å². The Labute approximate surface area is 99.8 Å². The fourth-order valence-electron chi connectivity index (χ4n) is 2.41. The van der Waals surface area contributed by atoms with Crippen molar-refractivity contribution in [2.24, 2.45) is 18.9 Å². The van der Waals surface area contributed by atoms with E-state index in [0.29, 0.717) is 0 Å². The number of esters is 1. The number of hydrogen-bond donors (Lipinski definition) is 0. The summed E-state index contributed by atoms with van der Waals surface area (Å²) < 4.78 is 6.23. The van der Waals surface area contributed by atoms with E-state index in [9.17, 15) is 9.59 Å². The molecule has 0 radical (unpaired) electrons. The lowest BCUT2D eigenvalue weighted by molar-refractivity contribution is -0.143. The number of rotatable bonds is 4. The quantitative estimate of drug-likeness (QED) is 0.575. The van der Waals surface area contributed by atoms with E-state index in [0.717, 1.165) is 5.56 Å². The second-order valence-corrected chi connectivity index (χ2v) is 4.58. The van der Waals surface area contributed by atoms with Crippen molar-refractivity contribution in [3.63, 3.8) is 0 Å². The smallest absolute Gasteiger partial charge is 0.313 e. The van der Waals surface area contributed by atoms with Gasteiger partial charge in [0.2, 0.25) is 0 Å². The molecule has 92 valence electrons. The lowest BCUT2D eigenvalue weighted by Crippen LogP contribution is -2.11. The Hall–Kier alpha value is -1.65. The van der Waals surface area contributed by atoms with Crippen LogP contribution in [-0.2, 0) is 21.4 Å². The van der Waals surface area contributed by atoms with Gasteiger partial charge >= 0.3 is 5.97 Å². The van der Waals surface area contributed by atoms with Crippen molar-refractivity contribution in [3.05, 3.63) is 18.0 Å². The highest BCUT2D eigenvalue weighted by Crippen LogP contribution is 2.54. The van der Waals surface area contributed by atoms with Crippen LogP contribution in [0, 0.1) is 11.8 Å². The molecule has 0 N–H and O–H groups in total. The fraction of sp³-hybridized carbons (Fsp3) is 0.583. The summed E-state index contributed by atoms with van der Waals surface area (Å²) in [5.74, 6) is -0.0484. The van der Waals surface area contributed by atoms with E-state index < -0.39 is 5.97 Å². The van der Waals surface area contributed by atoms with E-state index in [4.69, 9.17) is 0 Å². The molecule has 17 heavy (non-hydrogen) atoms. The fourth-order valence-corrected chi connectivity index (χ4v) is 2.41. The van der Waals surface area contributed by atoms with Crippen LogP contribution in [0.3, 0.4) is 0 Å². The van der Waals surface area contributed by atoms with Crippen LogP contribution in [0.1, 0.15) is 24.8 Å². The molecule has 1 saturated carbocycles. The molecule has 1 heterocycles. The van der Waals surface area contributed by atoms with Gasteiger partial charge in [0.15, 0.2) is 0 Å². The Kier molecular flexibility index (Phi) is 3.00. The third-order valence-electron chi connectivity index (χ3n) is 3.41. The molecule has 0 amide bonds. The molecule has 2 rings (SSSR count). The molecule has 1 aliphatic carbocycles. The van der Waals surface area contributed by atoms with Crippen molar-refractivity contribution in [3.8, 4) is 0 Å². The summed E-state index contributed by atoms with van der Waals surface area (Å²) in [6.07, 6.45) is 3.58. The van der Waals surface area contributed by atoms with Crippen molar-refractivity contribution >= 4 is 11.8 Å². The first-order valence-electron chi connectivity index (χ1n) is 5.62. The maximum absolute atomic E-state index is 11.8.